The quantitative estimate of drug-likeness (QED) is 0.368. The summed E-state index contributed by atoms with van der Waals surface area (Å²) in [6, 6.07) is 9.31. The summed E-state index contributed by atoms with van der Waals surface area (Å²) in [7, 11) is 0. The molecule has 2 amide bonds. The maximum absolute atomic E-state index is 11.8. The minimum Gasteiger partial charge on any atom is -0.483 e. The summed E-state index contributed by atoms with van der Waals surface area (Å²) in [4.78, 5) is 24.4. The van der Waals surface area contributed by atoms with Crippen LogP contribution in [0.3, 0.4) is 0 Å². The van der Waals surface area contributed by atoms with Crippen molar-refractivity contribution in [2.75, 3.05) is 6.61 Å². The zero-order chi connectivity index (χ0) is 18.9. The van der Waals surface area contributed by atoms with E-state index in [2.05, 4.69) is 32.1 Å². The van der Waals surface area contributed by atoms with Crippen molar-refractivity contribution in [2.45, 2.75) is 6.92 Å². The van der Waals surface area contributed by atoms with E-state index < -0.39 is 11.8 Å². The minimum atomic E-state index is -0.441. The Morgan fingerprint density at radius 1 is 1.31 bits per heavy atom. The number of thiocarbonyl (C=S) groups is 1. The first-order chi connectivity index (χ1) is 12.4. The molecule has 3 N–H and O–H groups in total. The van der Waals surface area contributed by atoms with Gasteiger partial charge in [0.2, 0.25) is 5.91 Å². The highest BCUT2D eigenvalue weighted by Gasteiger charge is 2.07. The number of hydrogen-bond acceptors (Lipinski definition) is 5. The number of aryl methyl sites for hydroxylation is 1. The number of halogens is 1. The molecule has 136 valence electrons. The van der Waals surface area contributed by atoms with Crippen LogP contribution in [0.4, 0.5) is 0 Å². The Hall–Kier alpha value is -2.23. The van der Waals surface area contributed by atoms with Gasteiger partial charge >= 0.3 is 0 Å². The Kier molecular flexibility index (Phi) is 7.76. The van der Waals surface area contributed by atoms with Crippen molar-refractivity contribution in [1.29, 1.82) is 0 Å². The smallest absolute Gasteiger partial charge is 0.276 e. The molecule has 0 aliphatic heterocycles. The third-order valence-electron chi connectivity index (χ3n) is 2.94. The number of carbonyl (C=O) groups is 2. The second kappa shape index (κ2) is 10.0. The molecule has 9 heteroatoms. The molecule has 0 saturated carbocycles. The van der Waals surface area contributed by atoms with E-state index in [1.54, 1.807) is 12.1 Å². The van der Waals surface area contributed by atoms with E-state index in [1.165, 1.54) is 17.4 Å². The lowest BCUT2D eigenvalue weighted by molar-refractivity contribution is -0.123. The standard InChI is InChI=1S/C17H16BrN3O3S2/c1-11-4-6-14(13(18)9-11)24-10-16(23)20-21-17(25)19-15(22)7-5-12-3-2-8-26-12/h2-9H,10H2,1H3,(H,20,23)(H2,19,21,22,25)/b7-5+. The van der Waals surface area contributed by atoms with E-state index in [9.17, 15) is 9.59 Å². The number of amides is 2. The predicted octanol–water partition coefficient (Wildman–Crippen LogP) is 2.93. The van der Waals surface area contributed by atoms with Gasteiger partial charge in [-0.3, -0.25) is 25.8 Å². The topological polar surface area (TPSA) is 79.5 Å². The summed E-state index contributed by atoms with van der Waals surface area (Å²) in [6.07, 6.45) is 3.04. The van der Waals surface area contributed by atoms with Crippen LogP contribution in [0.1, 0.15) is 10.4 Å². The van der Waals surface area contributed by atoms with Crippen molar-refractivity contribution in [2.24, 2.45) is 0 Å². The fourth-order valence-corrected chi connectivity index (χ4v) is 3.13. The normalized spacial score (nSPS) is 10.4. The van der Waals surface area contributed by atoms with Gasteiger partial charge in [0.15, 0.2) is 11.7 Å². The van der Waals surface area contributed by atoms with E-state index in [0.29, 0.717) is 5.75 Å². The molecule has 0 radical (unpaired) electrons. The largest absolute Gasteiger partial charge is 0.483 e. The van der Waals surface area contributed by atoms with Crippen LogP contribution in [0.5, 0.6) is 5.75 Å². The number of carbonyl (C=O) groups excluding carboxylic acids is 2. The number of rotatable bonds is 5. The van der Waals surface area contributed by atoms with E-state index in [0.717, 1.165) is 14.9 Å². The van der Waals surface area contributed by atoms with Crippen LogP contribution in [0.2, 0.25) is 0 Å². The van der Waals surface area contributed by atoms with Gasteiger partial charge in [-0.05, 0) is 70.3 Å². The zero-order valence-corrected chi connectivity index (χ0v) is 17.0. The molecule has 0 atom stereocenters. The Morgan fingerprint density at radius 3 is 2.81 bits per heavy atom. The summed E-state index contributed by atoms with van der Waals surface area (Å²) in [6.45, 7) is 1.75. The van der Waals surface area contributed by atoms with Gasteiger partial charge in [-0.15, -0.1) is 11.3 Å². The van der Waals surface area contributed by atoms with E-state index >= 15 is 0 Å². The molecule has 0 saturated heterocycles. The summed E-state index contributed by atoms with van der Waals surface area (Å²) in [5.74, 6) is -0.284. The summed E-state index contributed by atoms with van der Waals surface area (Å²) >= 11 is 9.82. The van der Waals surface area contributed by atoms with E-state index in [4.69, 9.17) is 17.0 Å². The first-order valence-corrected chi connectivity index (χ1v) is 9.52. The molecule has 0 bridgehead atoms. The van der Waals surface area contributed by atoms with Gasteiger partial charge in [0.1, 0.15) is 5.75 Å². The van der Waals surface area contributed by atoms with Crippen molar-refractivity contribution >= 4 is 62.5 Å². The molecule has 0 aliphatic carbocycles. The fourth-order valence-electron chi connectivity index (χ4n) is 1.76. The third kappa shape index (κ3) is 6.95. The first kappa shape index (κ1) is 20.1. The number of nitrogens with one attached hydrogen (secondary N) is 3. The highest BCUT2D eigenvalue weighted by Crippen LogP contribution is 2.25. The van der Waals surface area contributed by atoms with Crippen LogP contribution in [-0.2, 0) is 9.59 Å². The molecule has 0 fully saturated rings. The molecular weight excluding hydrogens is 438 g/mol. The lowest BCUT2D eigenvalue weighted by atomic mass is 10.2. The fraction of sp³-hybridized carbons (Fsp3) is 0.118. The van der Waals surface area contributed by atoms with E-state index in [1.807, 2.05) is 36.6 Å². The number of hydrogen-bond donors (Lipinski definition) is 3. The highest BCUT2D eigenvalue weighted by molar-refractivity contribution is 9.10. The SMILES string of the molecule is Cc1ccc(OCC(=O)NNC(=S)NC(=O)/C=C/c2cccs2)c(Br)c1. The molecule has 0 aliphatic rings. The second-order valence-corrected chi connectivity index (χ2v) is 7.30. The number of ether oxygens (including phenoxy) is 1. The maximum atomic E-state index is 11.8. The Bertz CT molecular complexity index is 823. The molecular formula is C17H16BrN3O3S2. The summed E-state index contributed by atoms with van der Waals surface area (Å²) in [5.41, 5.74) is 5.87. The molecule has 1 aromatic carbocycles. The second-order valence-electron chi connectivity index (χ2n) is 5.06. The van der Waals surface area contributed by atoms with Crippen molar-refractivity contribution in [3.05, 3.63) is 56.7 Å². The lowest BCUT2D eigenvalue weighted by Gasteiger charge is -2.11. The number of hydrazine groups is 1. The molecule has 2 rings (SSSR count). The Labute approximate surface area is 168 Å². The zero-order valence-electron chi connectivity index (χ0n) is 13.7. The van der Waals surface area contributed by atoms with Crippen LogP contribution in [0.15, 0.2) is 46.3 Å². The van der Waals surface area contributed by atoms with Crippen LogP contribution in [0, 0.1) is 6.92 Å². The Morgan fingerprint density at radius 2 is 2.12 bits per heavy atom. The molecule has 1 heterocycles. The molecule has 6 nitrogen and oxygen atoms in total. The van der Waals surface area contributed by atoms with Crippen molar-refractivity contribution < 1.29 is 14.3 Å². The van der Waals surface area contributed by atoms with Gasteiger partial charge in [-0.1, -0.05) is 12.1 Å². The average Bonchev–Trinajstić information content (AvgIpc) is 3.11. The van der Waals surface area contributed by atoms with Gasteiger partial charge < -0.3 is 4.74 Å². The summed E-state index contributed by atoms with van der Waals surface area (Å²) in [5, 5.41) is 4.32. The molecule has 0 spiro atoms. The van der Waals surface area contributed by atoms with Gasteiger partial charge in [0.05, 0.1) is 4.47 Å². The molecule has 0 unspecified atom stereocenters. The van der Waals surface area contributed by atoms with E-state index in [-0.39, 0.29) is 11.7 Å². The molecule has 26 heavy (non-hydrogen) atoms. The maximum Gasteiger partial charge on any atom is 0.276 e. The van der Waals surface area contributed by atoms with Gasteiger partial charge in [-0.2, -0.15) is 0 Å². The third-order valence-corrected chi connectivity index (χ3v) is 4.60. The molecule has 1 aromatic heterocycles. The number of benzene rings is 1. The summed E-state index contributed by atoms with van der Waals surface area (Å²) < 4.78 is 6.17. The van der Waals surface area contributed by atoms with Gasteiger partial charge in [0.25, 0.3) is 5.91 Å². The number of thiophene rings is 1. The van der Waals surface area contributed by atoms with Crippen LogP contribution < -0.4 is 20.9 Å². The van der Waals surface area contributed by atoms with Gasteiger partial charge in [-0.25, -0.2) is 0 Å². The van der Waals surface area contributed by atoms with Crippen LogP contribution >= 0.6 is 39.5 Å². The highest BCUT2D eigenvalue weighted by atomic mass is 79.9. The van der Waals surface area contributed by atoms with Crippen molar-refractivity contribution in [3.63, 3.8) is 0 Å². The predicted molar refractivity (Wildman–Crippen MR) is 110 cm³/mol. The Balaban J connectivity index is 1.69. The van der Waals surface area contributed by atoms with Gasteiger partial charge in [0, 0.05) is 11.0 Å². The lowest BCUT2D eigenvalue weighted by Crippen LogP contribution is -2.49. The monoisotopic (exact) mass is 453 g/mol. The minimum absolute atomic E-state index is 0.0179. The van der Waals surface area contributed by atoms with Crippen LogP contribution in [-0.4, -0.2) is 23.5 Å². The first-order valence-electron chi connectivity index (χ1n) is 7.44. The van der Waals surface area contributed by atoms with Crippen molar-refractivity contribution in [1.82, 2.24) is 16.2 Å². The van der Waals surface area contributed by atoms with Crippen LogP contribution in [0.25, 0.3) is 6.08 Å². The average molecular weight is 454 g/mol. The molecule has 2 aromatic rings. The van der Waals surface area contributed by atoms with Crippen molar-refractivity contribution in [3.8, 4) is 5.75 Å².